The van der Waals surface area contributed by atoms with Gasteiger partial charge in [-0.3, -0.25) is 4.79 Å². The van der Waals surface area contributed by atoms with Gasteiger partial charge in [-0.2, -0.15) is 0 Å². The Morgan fingerprint density at radius 2 is 2.00 bits per heavy atom. The molecule has 0 aliphatic rings. The van der Waals surface area contributed by atoms with Crippen LogP contribution in [0.5, 0.6) is 5.75 Å². The van der Waals surface area contributed by atoms with Crippen LogP contribution in [0.4, 0.5) is 0 Å². The summed E-state index contributed by atoms with van der Waals surface area (Å²) in [6.07, 6.45) is 0.118. The molecule has 2 rings (SSSR count). The molecular formula is C14H13Cl2NO4. The standard InChI is InChI=1S/C14H13Cl2NO4/c15-8-1-4-11(16)13(5-8)20-7-10-3-2-9(21-10)6-12(17)14(18)19/h1-5,12H,6-7,17H2,(H,18,19). The first kappa shape index (κ1) is 15.7. The van der Waals surface area contributed by atoms with Gasteiger partial charge in [-0.15, -0.1) is 0 Å². The van der Waals surface area contributed by atoms with Crippen molar-refractivity contribution in [2.45, 2.75) is 19.1 Å². The van der Waals surface area contributed by atoms with Crippen LogP contribution in [0.15, 0.2) is 34.7 Å². The van der Waals surface area contributed by atoms with Crippen molar-refractivity contribution in [2.75, 3.05) is 0 Å². The number of halogens is 2. The maximum Gasteiger partial charge on any atom is 0.320 e. The van der Waals surface area contributed by atoms with Crippen LogP contribution in [0.2, 0.25) is 10.0 Å². The Bertz CT molecular complexity index is 642. The van der Waals surface area contributed by atoms with Gasteiger partial charge >= 0.3 is 5.97 Å². The lowest BCUT2D eigenvalue weighted by atomic mass is 10.2. The summed E-state index contributed by atoms with van der Waals surface area (Å²) < 4.78 is 11.0. The first-order valence-corrected chi connectivity index (χ1v) is 6.85. The summed E-state index contributed by atoms with van der Waals surface area (Å²) >= 11 is 11.8. The van der Waals surface area contributed by atoms with Crippen LogP contribution in [0.25, 0.3) is 0 Å². The minimum atomic E-state index is -1.07. The lowest BCUT2D eigenvalue weighted by molar-refractivity contribution is -0.138. The number of hydrogen-bond acceptors (Lipinski definition) is 4. The predicted molar refractivity (Wildman–Crippen MR) is 78.8 cm³/mol. The predicted octanol–water partition coefficient (Wildman–Crippen LogP) is 3.12. The summed E-state index contributed by atoms with van der Waals surface area (Å²) in [4.78, 5) is 10.7. The molecule has 7 heteroatoms. The first-order valence-electron chi connectivity index (χ1n) is 6.09. The smallest absolute Gasteiger partial charge is 0.320 e. The van der Waals surface area contributed by atoms with Crippen LogP contribution in [-0.2, 0) is 17.8 Å². The largest absolute Gasteiger partial charge is 0.484 e. The number of rotatable bonds is 6. The summed E-state index contributed by atoms with van der Waals surface area (Å²) in [7, 11) is 0. The van der Waals surface area contributed by atoms with E-state index in [0.29, 0.717) is 27.3 Å². The molecule has 1 unspecified atom stereocenters. The SMILES string of the molecule is NC(Cc1ccc(COc2cc(Cl)ccc2Cl)o1)C(=O)O. The van der Waals surface area contributed by atoms with Gasteiger partial charge in [-0.05, 0) is 24.3 Å². The van der Waals surface area contributed by atoms with Crippen LogP contribution in [0, 0.1) is 0 Å². The fourth-order valence-electron chi connectivity index (χ4n) is 1.65. The Labute approximate surface area is 131 Å². The molecule has 0 radical (unpaired) electrons. The molecular weight excluding hydrogens is 317 g/mol. The fraction of sp³-hybridized carbons (Fsp3) is 0.214. The third-order valence-corrected chi connectivity index (χ3v) is 3.27. The lowest BCUT2D eigenvalue weighted by Crippen LogP contribution is -2.32. The van der Waals surface area contributed by atoms with Crippen molar-refractivity contribution in [1.29, 1.82) is 0 Å². The average molecular weight is 330 g/mol. The molecule has 3 N–H and O–H groups in total. The van der Waals surface area contributed by atoms with Crippen molar-refractivity contribution in [3.63, 3.8) is 0 Å². The van der Waals surface area contributed by atoms with Crippen molar-refractivity contribution < 1.29 is 19.1 Å². The van der Waals surface area contributed by atoms with Crippen LogP contribution < -0.4 is 10.5 Å². The van der Waals surface area contributed by atoms with E-state index in [1.807, 2.05) is 0 Å². The van der Waals surface area contributed by atoms with Gasteiger partial charge in [0.15, 0.2) is 0 Å². The molecule has 0 saturated carbocycles. The topological polar surface area (TPSA) is 85.7 Å². The van der Waals surface area contributed by atoms with Gasteiger partial charge in [0.25, 0.3) is 0 Å². The van der Waals surface area contributed by atoms with E-state index in [9.17, 15) is 4.79 Å². The van der Waals surface area contributed by atoms with Gasteiger partial charge in [-0.25, -0.2) is 0 Å². The number of furan rings is 1. The van der Waals surface area contributed by atoms with Crippen molar-refractivity contribution >= 4 is 29.2 Å². The van der Waals surface area contributed by atoms with E-state index in [1.165, 1.54) is 0 Å². The summed E-state index contributed by atoms with van der Waals surface area (Å²) in [5.41, 5.74) is 5.44. The molecule has 0 aliphatic heterocycles. The molecule has 0 saturated heterocycles. The van der Waals surface area contributed by atoms with E-state index in [4.69, 9.17) is 43.2 Å². The maximum absolute atomic E-state index is 10.7. The van der Waals surface area contributed by atoms with Crippen molar-refractivity contribution in [3.8, 4) is 5.75 Å². The van der Waals surface area contributed by atoms with Gasteiger partial charge in [0, 0.05) is 17.5 Å². The maximum atomic E-state index is 10.7. The zero-order valence-corrected chi connectivity index (χ0v) is 12.4. The summed E-state index contributed by atoms with van der Waals surface area (Å²) in [5, 5.41) is 9.70. The van der Waals surface area contributed by atoms with Crippen molar-refractivity contribution in [2.24, 2.45) is 5.73 Å². The Morgan fingerprint density at radius 1 is 1.29 bits per heavy atom. The number of carbonyl (C=O) groups is 1. The second kappa shape index (κ2) is 6.85. The van der Waals surface area contributed by atoms with Crippen LogP contribution >= 0.6 is 23.2 Å². The summed E-state index contributed by atoms with van der Waals surface area (Å²) in [5.74, 6) is 0.401. The lowest BCUT2D eigenvalue weighted by Gasteiger charge is -2.07. The van der Waals surface area contributed by atoms with Crippen LogP contribution in [-0.4, -0.2) is 17.1 Å². The first-order chi connectivity index (χ1) is 9.95. The number of carboxylic acids is 1. The number of aliphatic carboxylic acids is 1. The minimum Gasteiger partial charge on any atom is -0.484 e. The zero-order chi connectivity index (χ0) is 15.4. The molecule has 0 aliphatic carbocycles. The molecule has 0 bridgehead atoms. The zero-order valence-electron chi connectivity index (χ0n) is 10.9. The van der Waals surface area contributed by atoms with Crippen molar-refractivity contribution in [3.05, 3.63) is 51.9 Å². The van der Waals surface area contributed by atoms with E-state index in [-0.39, 0.29) is 13.0 Å². The second-order valence-electron chi connectivity index (χ2n) is 4.38. The number of benzene rings is 1. The second-order valence-corrected chi connectivity index (χ2v) is 5.22. The van der Waals surface area contributed by atoms with E-state index in [1.54, 1.807) is 30.3 Å². The molecule has 0 amide bonds. The monoisotopic (exact) mass is 329 g/mol. The summed E-state index contributed by atoms with van der Waals surface area (Å²) in [6, 6.07) is 7.28. The molecule has 5 nitrogen and oxygen atoms in total. The Hall–Kier alpha value is -1.69. The van der Waals surface area contributed by atoms with Crippen LogP contribution in [0.3, 0.4) is 0 Å². The van der Waals surface area contributed by atoms with Crippen molar-refractivity contribution in [1.82, 2.24) is 0 Å². The number of hydrogen-bond donors (Lipinski definition) is 2. The highest BCUT2D eigenvalue weighted by atomic mass is 35.5. The molecule has 0 spiro atoms. The highest BCUT2D eigenvalue weighted by molar-refractivity contribution is 6.34. The van der Waals surface area contributed by atoms with E-state index in [2.05, 4.69) is 0 Å². The van der Waals surface area contributed by atoms with E-state index < -0.39 is 12.0 Å². The van der Waals surface area contributed by atoms with E-state index >= 15 is 0 Å². The van der Waals surface area contributed by atoms with Crippen LogP contribution in [0.1, 0.15) is 11.5 Å². The Kier molecular flexibility index (Phi) is 5.12. The Balaban J connectivity index is 1.96. The highest BCUT2D eigenvalue weighted by Gasteiger charge is 2.15. The third-order valence-electron chi connectivity index (χ3n) is 2.72. The number of nitrogens with two attached hydrogens (primary N) is 1. The third kappa shape index (κ3) is 4.39. The molecule has 1 aromatic heterocycles. The highest BCUT2D eigenvalue weighted by Crippen LogP contribution is 2.28. The molecule has 0 fully saturated rings. The van der Waals surface area contributed by atoms with Gasteiger partial charge in [0.2, 0.25) is 0 Å². The Morgan fingerprint density at radius 3 is 2.71 bits per heavy atom. The summed E-state index contributed by atoms with van der Waals surface area (Å²) in [6.45, 7) is 0.155. The van der Waals surface area contributed by atoms with Gasteiger partial charge in [-0.1, -0.05) is 23.2 Å². The van der Waals surface area contributed by atoms with Gasteiger partial charge in [0.1, 0.15) is 29.9 Å². The normalized spacial score (nSPS) is 12.1. The number of ether oxygens (including phenoxy) is 1. The molecule has 1 atom stereocenters. The molecule has 112 valence electrons. The number of carboxylic acid groups (broad SMARTS) is 1. The fourth-order valence-corrected chi connectivity index (χ4v) is 1.98. The molecule has 2 aromatic rings. The molecule has 21 heavy (non-hydrogen) atoms. The quantitative estimate of drug-likeness (QED) is 0.850. The van der Waals surface area contributed by atoms with E-state index in [0.717, 1.165) is 0 Å². The average Bonchev–Trinajstić information content (AvgIpc) is 2.87. The molecule has 1 heterocycles. The minimum absolute atomic E-state index is 0.118. The molecule has 1 aromatic carbocycles. The van der Waals surface area contributed by atoms with Gasteiger partial charge in [0.05, 0.1) is 5.02 Å². The van der Waals surface area contributed by atoms with Gasteiger partial charge < -0.3 is 20.0 Å².